The van der Waals surface area contributed by atoms with Gasteiger partial charge in [0.25, 0.3) is 0 Å². The van der Waals surface area contributed by atoms with E-state index >= 15 is 0 Å². The summed E-state index contributed by atoms with van der Waals surface area (Å²) in [5, 5.41) is 11.6. The van der Waals surface area contributed by atoms with Crippen LogP contribution in [0.1, 0.15) is 21.9 Å². The summed E-state index contributed by atoms with van der Waals surface area (Å²) in [7, 11) is 1.26. The second kappa shape index (κ2) is 5.69. The van der Waals surface area contributed by atoms with E-state index in [0.717, 1.165) is 0 Å². The zero-order valence-corrected chi connectivity index (χ0v) is 9.30. The maximum absolute atomic E-state index is 11.2. The average molecular weight is 241 g/mol. The van der Waals surface area contributed by atoms with Crippen LogP contribution in [0.25, 0.3) is 0 Å². The molecule has 17 heavy (non-hydrogen) atoms. The first-order valence-corrected chi connectivity index (χ1v) is 4.60. The van der Waals surface area contributed by atoms with Gasteiger partial charge in [0.1, 0.15) is 23.3 Å². The number of carbonyl (C=O) groups excluding carboxylic acids is 1. The number of hydrogen-bond donors (Lipinski definition) is 1. The maximum atomic E-state index is 11.2. The fraction of sp³-hybridized carbons (Fsp3) is 0.300. The van der Waals surface area contributed by atoms with E-state index < -0.39 is 18.5 Å². The van der Waals surface area contributed by atoms with E-state index in [1.54, 1.807) is 6.92 Å². The van der Waals surface area contributed by atoms with Crippen LogP contribution in [-0.4, -0.2) is 37.0 Å². The molecule has 0 aliphatic carbocycles. The summed E-state index contributed by atoms with van der Waals surface area (Å²) in [6, 6.07) is 1.43. The van der Waals surface area contributed by atoms with E-state index in [-0.39, 0.29) is 11.3 Å². The number of carboxylic acids is 1. The lowest BCUT2D eigenvalue weighted by Gasteiger charge is -1.93. The zero-order valence-electron chi connectivity index (χ0n) is 9.30. The lowest BCUT2D eigenvalue weighted by molar-refractivity contribution is -0.142. The van der Waals surface area contributed by atoms with Crippen LogP contribution in [0.15, 0.2) is 15.6 Å². The number of furan rings is 1. The summed E-state index contributed by atoms with van der Waals surface area (Å²) in [6.07, 6.45) is 1.17. The molecular weight excluding hydrogens is 230 g/mol. The summed E-state index contributed by atoms with van der Waals surface area (Å²) >= 11 is 0. The van der Waals surface area contributed by atoms with Crippen molar-refractivity contribution in [2.75, 3.05) is 13.7 Å². The second-order valence-electron chi connectivity index (χ2n) is 3.01. The Morgan fingerprint density at radius 2 is 2.29 bits per heavy atom. The van der Waals surface area contributed by atoms with Crippen LogP contribution >= 0.6 is 0 Å². The van der Waals surface area contributed by atoms with E-state index in [2.05, 4.69) is 14.7 Å². The number of aryl methyl sites for hydroxylation is 1. The Morgan fingerprint density at radius 1 is 1.59 bits per heavy atom. The Balaban J connectivity index is 2.67. The van der Waals surface area contributed by atoms with Gasteiger partial charge in [0.05, 0.1) is 7.11 Å². The molecule has 0 saturated heterocycles. The molecule has 7 nitrogen and oxygen atoms in total. The van der Waals surface area contributed by atoms with Gasteiger partial charge in [-0.15, -0.1) is 0 Å². The van der Waals surface area contributed by atoms with Crippen LogP contribution in [-0.2, 0) is 14.4 Å². The molecule has 7 heteroatoms. The number of aliphatic carboxylic acids is 1. The predicted molar refractivity (Wildman–Crippen MR) is 56.0 cm³/mol. The number of nitrogens with zero attached hydrogens (tertiary/aromatic N) is 1. The summed E-state index contributed by atoms with van der Waals surface area (Å²) < 4.78 is 9.70. The van der Waals surface area contributed by atoms with Crippen molar-refractivity contribution in [2.24, 2.45) is 5.16 Å². The highest BCUT2D eigenvalue weighted by atomic mass is 16.6. The van der Waals surface area contributed by atoms with Gasteiger partial charge in [-0.2, -0.15) is 0 Å². The Morgan fingerprint density at radius 3 is 2.88 bits per heavy atom. The van der Waals surface area contributed by atoms with Crippen LogP contribution in [0, 0.1) is 6.92 Å². The van der Waals surface area contributed by atoms with E-state index in [0.29, 0.717) is 5.76 Å². The summed E-state index contributed by atoms with van der Waals surface area (Å²) in [5.74, 6) is -0.991. The van der Waals surface area contributed by atoms with Gasteiger partial charge in [-0.05, 0) is 6.92 Å². The molecule has 92 valence electrons. The number of ether oxygens (including phenoxy) is 1. The van der Waals surface area contributed by atoms with Gasteiger partial charge in [-0.25, -0.2) is 9.59 Å². The fourth-order valence-electron chi connectivity index (χ4n) is 1.06. The van der Waals surface area contributed by atoms with Crippen molar-refractivity contribution in [1.82, 2.24) is 0 Å². The van der Waals surface area contributed by atoms with Gasteiger partial charge >= 0.3 is 11.9 Å². The minimum atomic E-state index is -1.13. The minimum Gasteiger partial charge on any atom is -0.479 e. The van der Waals surface area contributed by atoms with Gasteiger partial charge in [0.2, 0.25) is 6.61 Å². The third kappa shape index (κ3) is 3.63. The Hall–Kier alpha value is -2.31. The molecule has 1 aromatic heterocycles. The van der Waals surface area contributed by atoms with Crippen molar-refractivity contribution in [1.29, 1.82) is 0 Å². The third-order valence-electron chi connectivity index (χ3n) is 1.78. The van der Waals surface area contributed by atoms with Gasteiger partial charge in [0.15, 0.2) is 0 Å². The van der Waals surface area contributed by atoms with Crippen molar-refractivity contribution in [3.05, 3.63) is 23.2 Å². The Labute approximate surface area is 96.6 Å². The maximum Gasteiger partial charge on any atom is 0.344 e. The molecule has 0 atom stereocenters. The molecule has 1 heterocycles. The minimum absolute atomic E-state index is 0.272. The zero-order chi connectivity index (χ0) is 12.8. The lowest BCUT2D eigenvalue weighted by Crippen LogP contribution is -2.03. The van der Waals surface area contributed by atoms with Crippen molar-refractivity contribution >= 4 is 18.2 Å². The predicted octanol–water partition coefficient (Wildman–Crippen LogP) is 0.810. The van der Waals surface area contributed by atoms with E-state index in [4.69, 9.17) is 9.52 Å². The van der Waals surface area contributed by atoms with Gasteiger partial charge in [0, 0.05) is 6.07 Å². The van der Waals surface area contributed by atoms with E-state index in [9.17, 15) is 9.59 Å². The highest BCUT2D eigenvalue weighted by Gasteiger charge is 2.14. The smallest absolute Gasteiger partial charge is 0.344 e. The largest absolute Gasteiger partial charge is 0.479 e. The molecule has 0 fully saturated rings. The molecule has 1 N–H and O–H groups in total. The van der Waals surface area contributed by atoms with Crippen LogP contribution < -0.4 is 0 Å². The number of rotatable bonds is 5. The molecular formula is C10H11NO6. The van der Waals surface area contributed by atoms with E-state index in [1.807, 2.05) is 0 Å². The molecule has 0 aliphatic heterocycles. The first-order valence-electron chi connectivity index (χ1n) is 4.60. The second-order valence-corrected chi connectivity index (χ2v) is 3.01. The highest BCUT2D eigenvalue weighted by molar-refractivity contribution is 5.92. The van der Waals surface area contributed by atoms with E-state index in [1.165, 1.54) is 19.4 Å². The number of carboxylic acid groups (broad SMARTS) is 1. The Bertz CT molecular complexity index is 448. The number of oxime groups is 1. The lowest BCUT2D eigenvalue weighted by atomic mass is 10.2. The summed E-state index contributed by atoms with van der Waals surface area (Å²) in [5.41, 5.74) is 0.284. The van der Waals surface area contributed by atoms with Gasteiger partial charge in [-0.1, -0.05) is 5.16 Å². The van der Waals surface area contributed by atoms with Gasteiger partial charge in [-0.3, -0.25) is 0 Å². The standard InChI is InChI=1S/C10H11NO6/c1-6-8(10(14)15-2)3-7(17-6)4-11-16-5-9(12)13/h3-4H,5H2,1-2H3,(H,12,13). The van der Waals surface area contributed by atoms with Crippen molar-refractivity contribution in [2.45, 2.75) is 6.92 Å². The fourth-order valence-corrected chi connectivity index (χ4v) is 1.06. The first kappa shape index (κ1) is 12.8. The quantitative estimate of drug-likeness (QED) is 0.465. The third-order valence-corrected chi connectivity index (χ3v) is 1.78. The number of carbonyl (C=O) groups is 2. The van der Waals surface area contributed by atoms with Crippen LogP contribution in [0.5, 0.6) is 0 Å². The molecule has 0 radical (unpaired) electrons. The summed E-state index contributed by atoms with van der Waals surface area (Å²) in [4.78, 5) is 25.8. The molecule has 0 aliphatic rings. The van der Waals surface area contributed by atoms with Crippen molar-refractivity contribution in [3.63, 3.8) is 0 Å². The van der Waals surface area contributed by atoms with Crippen molar-refractivity contribution in [3.8, 4) is 0 Å². The highest BCUT2D eigenvalue weighted by Crippen LogP contribution is 2.14. The molecule has 0 amide bonds. The molecule has 0 saturated carbocycles. The monoisotopic (exact) mass is 241 g/mol. The first-order chi connectivity index (χ1) is 8.04. The number of esters is 1. The Kier molecular flexibility index (Phi) is 4.27. The van der Waals surface area contributed by atoms with Crippen molar-refractivity contribution < 1.29 is 28.7 Å². The van der Waals surface area contributed by atoms with Crippen LogP contribution in [0.4, 0.5) is 0 Å². The molecule has 1 aromatic rings. The average Bonchev–Trinajstić information content (AvgIpc) is 2.65. The SMILES string of the molecule is COC(=O)c1cc(C=NOCC(=O)O)oc1C. The number of hydrogen-bond acceptors (Lipinski definition) is 6. The molecule has 1 rings (SSSR count). The molecule has 0 spiro atoms. The van der Waals surface area contributed by atoms with Gasteiger partial charge < -0.3 is 19.1 Å². The van der Waals surface area contributed by atoms with Crippen LogP contribution in [0.2, 0.25) is 0 Å². The molecule has 0 aromatic carbocycles. The normalized spacial score (nSPS) is 10.5. The summed E-state index contributed by atoms with van der Waals surface area (Å²) in [6.45, 7) is 1.06. The topological polar surface area (TPSA) is 98.3 Å². The molecule has 0 unspecified atom stereocenters. The molecule has 0 bridgehead atoms. The number of methoxy groups -OCH3 is 1. The van der Waals surface area contributed by atoms with Crippen LogP contribution in [0.3, 0.4) is 0 Å².